The highest BCUT2D eigenvalue weighted by Gasteiger charge is 2.51. The average molecular weight is 1360 g/mol. The van der Waals surface area contributed by atoms with Crippen molar-refractivity contribution in [3.63, 3.8) is 0 Å². The van der Waals surface area contributed by atoms with E-state index in [9.17, 15) is 45.6 Å². The van der Waals surface area contributed by atoms with E-state index in [0.717, 1.165) is 44.9 Å². The zero-order valence-electron chi connectivity index (χ0n) is 61.9. The molecular weight excluding hydrogens is 1210 g/mol. The Hall–Kier alpha value is -2.05. The van der Waals surface area contributed by atoms with Crippen molar-refractivity contribution in [3.8, 4) is 0 Å². The Morgan fingerprint density at radius 2 is 0.667 bits per heavy atom. The van der Waals surface area contributed by atoms with Crippen molar-refractivity contribution in [3.05, 3.63) is 48.6 Å². The van der Waals surface area contributed by atoms with Gasteiger partial charge in [-0.2, -0.15) is 0 Å². The fraction of sp³-hybridized carbons (Fsp3) is 0.890. The van der Waals surface area contributed by atoms with Gasteiger partial charge in [0.25, 0.3) is 0 Å². The second-order valence-corrected chi connectivity index (χ2v) is 28.9. The molecule has 9 N–H and O–H groups in total. The summed E-state index contributed by atoms with van der Waals surface area (Å²) in [5.74, 6) is -0.246. The Morgan fingerprint density at radius 3 is 1.02 bits per heavy atom. The van der Waals surface area contributed by atoms with E-state index in [1.807, 2.05) is 6.08 Å². The van der Waals surface area contributed by atoms with Gasteiger partial charge in [0.15, 0.2) is 12.6 Å². The normalized spacial score (nSPS) is 22.4. The molecule has 0 bridgehead atoms. The van der Waals surface area contributed by atoms with Crippen LogP contribution in [0.25, 0.3) is 0 Å². The minimum Gasteiger partial charge on any atom is -0.394 e. The molecule has 0 aromatic carbocycles. The Morgan fingerprint density at radius 1 is 0.365 bits per heavy atom. The highest BCUT2D eigenvalue weighted by molar-refractivity contribution is 5.76. The summed E-state index contributed by atoms with van der Waals surface area (Å²) in [7, 11) is 0. The number of unbranched alkanes of at least 4 members (excludes halogenated alkanes) is 50. The van der Waals surface area contributed by atoms with Crippen LogP contribution in [0.3, 0.4) is 0 Å². The topological polar surface area (TPSA) is 228 Å². The molecular formula is C82H153NO13. The van der Waals surface area contributed by atoms with Crippen molar-refractivity contribution in [2.75, 3.05) is 19.8 Å². The second-order valence-electron chi connectivity index (χ2n) is 28.9. The Balaban J connectivity index is 1.63. The first-order valence-electron chi connectivity index (χ1n) is 40.9. The molecule has 14 nitrogen and oxygen atoms in total. The lowest BCUT2D eigenvalue weighted by Gasteiger charge is -2.46. The van der Waals surface area contributed by atoms with Crippen molar-refractivity contribution in [1.82, 2.24) is 5.32 Å². The predicted octanol–water partition coefficient (Wildman–Crippen LogP) is 18.6. The molecule has 0 aromatic rings. The minimum absolute atomic E-state index is 0.246. The van der Waals surface area contributed by atoms with Gasteiger partial charge in [-0.15, -0.1) is 0 Å². The van der Waals surface area contributed by atoms with Crippen LogP contribution in [0.5, 0.6) is 0 Å². The molecule has 2 rings (SSSR count). The lowest BCUT2D eigenvalue weighted by molar-refractivity contribution is -0.359. The number of nitrogens with one attached hydrogen (secondary N) is 1. The van der Waals surface area contributed by atoms with Crippen molar-refractivity contribution in [1.29, 1.82) is 0 Å². The average Bonchev–Trinajstić information content (AvgIpc) is 0.812. The first-order chi connectivity index (χ1) is 47.1. The van der Waals surface area contributed by atoms with Crippen LogP contribution < -0.4 is 5.32 Å². The maximum absolute atomic E-state index is 13.4. The molecule has 0 radical (unpaired) electrons. The third kappa shape index (κ3) is 48.7. The first kappa shape index (κ1) is 90.0. The van der Waals surface area contributed by atoms with Crippen LogP contribution in [0, 0.1) is 0 Å². The van der Waals surface area contributed by atoms with Crippen molar-refractivity contribution >= 4 is 5.91 Å². The molecule has 96 heavy (non-hydrogen) atoms. The third-order valence-corrected chi connectivity index (χ3v) is 20.0. The summed E-state index contributed by atoms with van der Waals surface area (Å²) >= 11 is 0. The van der Waals surface area contributed by atoms with Crippen LogP contribution in [0.1, 0.15) is 373 Å². The van der Waals surface area contributed by atoms with E-state index in [2.05, 4.69) is 55.6 Å². The Kier molecular flexibility index (Phi) is 62.1. The maximum atomic E-state index is 13.4. The van der Waals surface area contributed by atoms with Gasteiger partial charge in [-0.25, -0.2) is 0 Å². The summed E-state index contributed by atoms with van der Waals surface area (Å²) in [6.45, 7) is 2.84. The summed E-state index contributed by atoms with van der Waals surface area (Å²) < 4.78 is 22.9. The summed E-state index contributed by atoms with van der Waals surface area (Å²) in [4.78, 5) is 13.4. The van der Waals surface area contributed by atoms with E-state index in [1.165, 1.54) is 295 Å². The molecule has 2 aliphatic heterocycles. The quantitative estimate of drug-likeness (QED) is 0.0204. The molecule has 0 spiro atoms. The zero-order valence-corrected chi connectivity index (χ0v) is 61.9. The van der Waals surface area contributed by atoms with Crippen molar-refractivity contribution < 1.29 is 64.6 Å². The third-order valence-electron chi connectivity index (χ3n) is 20.0. The monoisotopic (exact) mass is 1360 g/mol. The number of allylic oxidation sites excluding steroid dienone is 7. The van der Waals surface area contributed by atoms with Gasteiger partial charge >= 0.3 is 0 Å². The molecule has 1 amide bonds. The Bertz CT molecular complexity index is 1800. The smallest absolute Gasteiger partial charge is 0.220 e. The molecule has 564 valence electrons. The molecule has 2 aliphatic rings. The number of amides is 1. The maximum Gasteiger partial charge on any atom is 0.220 e. The van der Waals surface area contributed by atoms with Crippen LogP contribution in [0.2, 0.25) is 0 Å². The van der Waals surface area contributed by atoms with Gasteiger partial charge in [0.2, 0.25) is 5.91 Å². The summed E-state index contributed by atoms with van der Waals surface area (Å²) in [5.41, 5.74) is 0. The Labute approximate surface area is 588 Å². The van der Waals surface area contributed by atoms with Crippen LogP contribution in [0.15, 0.2) is 48.6 Å². The standard InChI is InChI=1S/C82H153NO13/c1-3-5-7-9-11-13-15-17-19-21-23-25-27-29-31-33-34-35-36-38-40-42-44-46-48-50-52-54-56-58-60-62-64-66-74(87)83-70(69-93-81-79(92)77(90)80(73(68-85)95-81)96-82-78(91)76(89)75(88)72(67-84)94-82)71(86)65-63-61-59-57-55-53-51-49-47-45-43-41-39-37-32-30-28-26-24-22-20-18-16-14-12-10-8-6-4-2/h21,23,47,49,55,57,63,65,70-73,75-82,84-86,88-92H,3-20,22,24-46,48,50-54,56,58-62,64,66-69H2,1-2H3,(H,83,87)/b23-21-,49-47+,57-55+,65-63+. The molecule has 2 saturated heterocycles. The molecule has 0 aromatic heterocycles. The van der Waals surface area contributed by atoms with Crippen LogP contribution in [-0.4, -0.2) is 140 Å². The van der Waals surface area contributed by atoms with Gasteiger partial charge in [0.05, 0.1) is 32.0 Å². The van der Waals surface area contributed by atoms with Crippen molar-refractivity contribution in [2.24, 2.45) is 0 Å². The van der Waals surface area contributed by atoms with Gasteiger partial charge in [-0.1, -0.05) is 345 Å². The van der Waals surface area contributed by atoms with E-state index < -0.39 is 86.8 Å². The molecule has 14 heteroatoms. The SMILES string of the molecule is CCCCCCCCCC/C=C\CCCCCCCCCCCCCCCCCCCCCCCC(=O)NC(COC1OC(CO)C(OC2OC(CO)C(O)C(O)C2O)C(O)C1O)C(O)/C=C/CC/C=C/CC/C=C/CCCCCCCCCCCCCCCCCCCCC. The molecule has 0 aliphatic carbocycles. The van der Waals surface area contributed by atoms with Gasteiger partial charge < -0.3 is 65.1 Å². The van der Waals surface area contributed by atoms with Crippen molar-refractivity contribution in [2.45, 2.75) is 447 Å². The number of aliphatic hydroxyl groups is 8. The molecule has 12 atom stereocenters. The van der Waals surface area contributed by atoms with Crippen LogP contribution in [0.4, 0.5) is 0 Å². The van der Waals surface area contributed by atoms with Gasteiger partial charge in [0, 0.05) is 6.42 Å². The summed E-state index contributed by atoms with van der Waals surface area (Å²) in [6, 6.07) is -0.940. The number of hydrogen-bond donors (Lipinski definition) is 9. The lowest BCUT2D eigenvalue weighted by Crippen LogP contribution is -2.65. The molecule has 0 saturated carbocycles. The molecule has 12 unspecified atom stereocenters. The highest BCUT2D eigenvalue weighted by atomic mass is 16.7. The van der Waals surface area contributed by atoms with E-state index >= 15 is 0 Å². The number of carbonyl (C=O) groups is 1. The predicted molar refractivity (Wildman–Crippen MR) is 397 cm³/mol. The second kappa shape index (κ2) is 66.2. The number of aliphatic hydroxyl groups excluding tert-OH is 8. The van der Waals surface area contributed by atoms with Crippen LogP contribution in [-0.2, 0) is 23.7 Å². The summed E-state index contributed by atoms with van der Waals surface area (Å²) in [5, 5.41) is 87.7. The largest absolute Gasteiger partial charge is 0.394 e. The van der Waals surface area contributed by atoms with E-state index in [0.29, 0.717) is 12.8 Å². The van der Waals surface area contributed by atoms with Gasteiger partial charge in [-0.3, -0.25) is 4.79 Å². The van der Waals surface area contributed by atoms with E-state index in [-0.39, 0.29) is 18.9 Å². The van der Waals surface area contributed by atoms with E-state index in [4.69, 9.17) is 18.9 Å². The van der Waals surface area contributed by atoms with E-state index in [1.54, 1.807) is 6.08 Å². The van der Waals surface area contributed by atoms with Crippen LogP contribution >= 0.6 is 0 Å². The fourth-order valence-corrected chi connectivity index (χ4v) is 13.5. The van der Waals surface area contributed by atoms with Gasteiger partial charge in [0.1, 0.15) is 48.8 Å². The minimum atomic E-state index is -1.79. The number of rotatable bonds is 69. The fourth-order valence-electron chi connectivity index (χ4n) is 13.5. The first-order valence-corrected chi connectivity index (χ1v) is 40.9. The zero-order chi connectivity index (χ0) is 69.4. The summed E-state index contributed by atoms with van der Waals surface area (Å²) in [6.07, 6.45) is 72.1. The number of hydrogen-bond acceptors (Lipinski definition) is 13. The molecule has 2 fully saturated rings. The molecule has 2 heterocycles. The lowest BCUT2D eigenvalue weighted by atomic mass is 9.97. The number of carbonyl (C=O) groups excluding carboxylic acids is 1. The van der Waals surface area contributed by atoms with Gasteiger partial charge in [-0.05, 0) is 70.6 Å². The number of ether oxygens (including phenoxy) is 4. The highest BCUT2D eigenvalue weighted by Crippen LogP contribution is 2.30.